The van der Waals surface area contributed by atoms with Crippen molar-refractivity contribution in [3.05, 3.63) is 107 Å². The van der Waals surface area contributed by atoms with Gasteiger partial charge in [-0.2, -0.15) is 0 Å². The maximum Gasteiger partial charge on any atom is 0.261 e. The van der Waals surface area contributed by atoms with Gasteiger partial charge in [-0.15, -0.1) is 0 Å². The highest BCUT2D eigenvalue weighted by atomic mass is 16.2. The third kappa shape index (κ3) is 8.40. The lowest BCUT2D eigenvalue weighted by Crippen LogP contribution is -2.35. The predicted octanol–water partition coefficient (Wildman–Crippen LogP) is 4.96. The van der Waals surface area contributed by atoms with E-state index in [-0.39, 0.29) is 18.0 Å². The molecule has 0 aliphatic carbocycles. The Hall–Kier alpha value is -3.77. The van der Waals surface area contributed by atoms with Gasteiger partial charge in [0.2, 0.25) is 5.91 Å². The average molecular weight is 499 g/mol. The second-order valence-corrected chi connectivity index (χ2v) is 9.16. The monoisotopic (exact) mass is 498 g/mol. The van der Waals surface area contributed by atoms with Gasteiger partial charge in [-0.3, -0.25) is 14.2 Å². The van der Waals surface area contributed by atoms with Gasteiger partial charge in [-0.1, -0.05) is 80.1 Å². The van der Waals surface area contributed by atoms with E-state index in [0.29, 0.717) is 36.2 Å². The third-order valence-corrected chi connectivity index (χ3v) is 6.32. The summed E-state index contributed by atoms with van der Waals surface area (Å²) in [5.74, 6) is 0.443. The summed E-state index contributed by atoms with van der Waals surface area (Å²) in [4.78, 5) is 31.3. The second kappa shape index (κ2) is 14.7. The summed E-state index contributed by atoms with van der Waals surface area (Å²) in [6.07, 6.45) is 12.7. The number of rotatable bonds is 14. The van der Waals surface area contributed by atoms with Gasteiger partial charge in [0, 0.05) is 13.0 Å². The number of aryl methyl sites for hydroxylation is 2. The first-order chi connectivity index (χ1) is 18.0. The maximum atomic E-state index is 13.7. The number of aromatic nitrogens is 2. The minimum absolute atomic E-state index is 0.0458. The van der Waals surface area contributed by atoms with Gasteiger partial charge in [-0.05, 0) is 61.6 Å². The van der Waals surface area contributed by atoms with Crippen molar-refractivity contribution < 1.29 is 4.79 Å². The molecule has 2 aromatic carbocycles. The highest BCUT2D eigenvalue weighted by molar-refractivity contribution is 5.83. The molecule has 6 nitrogen and oxygen atoms in total. The smallest absolute Gasteiger partial charge is 0.261 e. The molecule has 37 heavy (non-hydrogen) atoms. The molecule has 0 spiro atoms. The fourth-order valence-corrected chi connectivity index (χ4v) is 4.19. The van der Waals surface area contributed by atoms with E-state index in [2.05, 4.69) is 24.0 Å². The topological polar surface area (TPSA) is 90.0 Å². The van der Waals surface area contributed by atoms with Gasteiger partial charge >= 0.3 is 0 Å². The van der Waals surface area contributed by atoms with E-state index in [4.69, 9.17) is 10.7 Å². The van der Waals surface area contributed by atoms with Crippen LogP contribution in [-0.4, -0.2) is 28.5 Å². The molecule has 0 fully saturated rings. The summed E-state index contributed by atoms with van der Waals surface area (Å²) in [5, 5.41) is 3.47. The van der Waals surface area contributed by atoms with Crippen molar-refractivity contribution in [1.82, 2.24) is 14.9 Å². The maximum absolute atomic E-state index is 13.7. The molecule has 0 saturated heterocycles. The number of hydrogen-bond acceptors (Lipinski definition) is 4. The van der Waals surface area contributed by atoms with Crippen molar-refractivity contribution in [3.8, 4) is 0 Å². The zero-order valence-electron chi connectivity index (χ0n) is 21.8. The highest BCUT2D eigenvalue weighted by Gasteiger charge is 2.15. The van der Waals surface area contributed by atoms with Gasteiger partial charge in [0.1, 0.15) is 12.4 Å². The molecule has 0 bridgehead atoms. The van der Waals surface area contributed by atoms with Crippen LogP contribution in [0.2, 0.25) is 0 Å². The van der Waals surface area contributed by atoms with E-state index < -0.39 is 0 Å². The molecule has 3 rings (SSSR count). The number of allylic oxidation sites excluding steroid dienone is 5. The fraction of sp³-hybridized carbons (Fsp3) is 0.323. The quantitative estimate of drug-likeness (QED) is 0.243. The Bertz CT molecular complexity index is 1310. The number of amides is 1. The van der Waals surface area contributed by atoms with Gasteiger partial charge in [0.15, 0.2) is 0 Å². The van der Waals surface area contributed by atoms with Crippen LogP contribution in [0, 0.1) is 0 Å². The number of benzene rings is 2. The van der Waals surface area contributed by atoms with Crippen molar-refractivity contribution in [2.45, 2.75) is 52.0 Å². The van der Waals surface area contributed by atoms with Crippen LogP contribution in [0.1, 0.15) is 49.6 Å². The third-order valence-electron chi connectivity index (χ3n) is 6.32. The largest absolute Gasteiger partial charge is 0.355 e. The number of carbonyl (C=O) groups is 1. The number of nitrogens with one attached hydrogen (secondary N) is 1. The lowest BCUT2D eigenvalue weighted by Gasteiger charge is -2.14. The van der Waals surface area contributed by atoms with Crippen LogP contribution in [0.3, 0.4) is 0 Å². The first-order valence-corrected chi connectivity index (χ1v) is 13.0. The molecular formula is C31H38N4O2. The average Bonchev–Trinajstić information content (AvgIpc) is 2.91. The predicted molar refractivity (Wildman–Crippen MR) is 153 cm³/mol. The Labute approximate surface area is 219 Å². The minimum Gasteiger partial charge on any atom is -0.355 e. The van der Waals surface area contributed by atoms with Crippen LogP contribution in [0.15, 0.2) is 84.2 Å². The second-order valence-electron chi connectivity index (χ2n) is 9.16. The summed E-state index contributed by atoms with van der Waals surface area (Å²) in [7, 11) is 0. The standard InChI is InChI=1S/C31H38N4O2/c1-3-4-8-13-24(2)26-17-18-28-27(22-26)31(37)35(23-30(36)33-21-12-6-5-11-20-32)29(34-28)19-16-25-14-9-7-10-15-25/h3-4,7-10,13-15,17-18,22H,1,5-6,11-12,16,19-21,23,32H2,2H3,(H,33,36)/b8-4-,24-13+. The van der Waals surface area contributed by atoms with Gasteiger partial charge in [-0.25, -0.2) is 4.98 Å². The summed E-state index contributed by atoms with van der Waals surface area (Å²) >= 11 is 0. The van der Waals surface area contributed by atoms with Crippen LogP contribution in [-0.2, 0) is 24.2 Å². The lowest BCUT2D eigenvalue weighted by atomic mass is 10.0. The molecule has 0 atom stereocenters. The Morgan fingerprint density at radius 3 is 2.59 bits per heavy atom. The first kappa shape index (κ1) is 27.8. The fourth-order valence-electron chi connectivity index (χ4n) is 4.19. The minimum atomic E-state index is -0.192. The Morgan fingerprint density at radius 2 is 1.84 bits per heavy atom. The molecule has 0 radical (unpaired) electrons. The molecule has 1 amide bonds. The molecule has 6 heteroatoms. The number of carbonyl (C=O) groups excluding carboxylic acids is 1. The van der Waals surface area contributed by atoms with Crippen LogP contribution in [0.4, 0.5) is 0 Å². The van der Waals surface area contributed by atoms with Crippen molar-refractivity contribution >= 4 is 22.4 Å². The number of unbranched alkanes of at least 4 members (excludes halogenated alkanes) is 3. The molecule has 3 aromatic rings. The molecule has 0 unspecified atom stereocenters. The number of hydrogen-bond donors (Lipinski definition) is 2. The van der Waals surface area contributed by atoms with Crippen molar-refractivity contribution in [1.29, 1.82) is 0 Å². The number of fused-ring (bicyclic) bond motifs is 1. The summed E-state index contributed by atoms with van der Waals surface area (Å²) in [6, 6.07) is 15.8. The normalized spacial score (nSPS) is 11.8. The van der Waals surface area contributed by atoms with E-state index >= 15 is 0 Å². The molecule has 1 aromatic heterocycles. The highest BCUT2D eigenvalue weighted by Crippen LogP contribution is 2.19. The number of nitrogens with two attached hydrogens (primary N) is 1. The van der Waals surface area contributed by atoms with E-state index in [0.717, 1.165) is 48.8 Å². The molecule has 194 valence electrons. The zero-order chi connectivity index (χ0) is 26.5. The van der Waals surface area contributed by atoms with Crippen LogP contribution >= 0.6 is 0 Å². The summed E-state index contributed by atoms with van der Waals surface area (Å²) in [6.45, 7) is 6.92. The molecular weight excluding hydrogens is 460 g/mol. The summed E-state index contributed by atoms with van der Waals surface area (Å²) in [5.41, 5.74) is 9.11. The Morgan fingerprint density at radius 1 is 1.05 bits per heavy atom. The number of nitrogens with zero attached hydrogens (tertiary/aromatic N) is 2. The molecule has 0 saturated carbocycles. The van der Waals surface area contributed by atoms with Crippen LogP contribution in [0.5, 0.6) is 0 Å². The molecule has 1 heterocycles. The van der Waals surface area contributed by atoms with Crippen molar-refractivity contribution in [2.24, 2.45) is 5.73 Å². The summed E-state index contributed by atoms with van der Waals surface area (Å²) < 4.78 is 1.54. The van der Waals surface area contributed by atoms with Gasteiger partial charge in [0.25, 0.3) is 5.56 Å². The van der Waals surface area contributed by atoms with Gasteiger partial charge < -0.3 is 11.1 Å². The van der Waals surface area contributed by atoms with Crippen LogP contribution < -0.4 is 16.6 Å². The van der Waals surface area contributed by atoms with Gasteiger partial charge in [0.05, 0.1) is 10.9 Å². The van der Waals surface area contributed by atoms with E-state index in [9.17, 15) is 9.59 Å². The molecule has 3 N–H and O–H groups in total. The Kier molecular flexibility index (Phi) is 11.1. The SMILES string of the molecule is C=C/C=C\C=C(/C)c1ccc2nc(CCc3ccccc3)n(CC(=O)NCCCCCCN)c(=O)c2c1. The molecule has 0 aliphatic rings. The van der Waals surface area contributed by atoms with Crippen molar-refractivity contribution in [3.63, 3.8) is 0 Å². The van der Waals surface area contributed by atoms with E-state index in [1.807, 2.05) is 61.5 Å². The van der Waals surface area contributed by atoms with Crippen molar-refractivity contribution in [2.75, 3.05) is 13.1 Å². The zero-order valence-corrected chi connectivity index (χ0v) is 21.8. The molecule has 0 aliphatic heterocycles. The Balaban J connectivity index is 1.88. The lowest BCUT2D eigenvalue weighted by molar-refractivity contribution is -0.121. The van der Waals surface area contributed by atoms with Crippen LogP contribution in [0.25, 0.3) is 16.5 Å². The first-order valence-electron chi connectivity index (χ1n) is 13.0. The van der Waals surface area contributed by atoms with E-state index in [1.54, 1.807) is 6.08 Å². The van der Waals surface area contributed by atoms with E-state index in [1.165, 1.54) is 4.57 Å².